The van der Waals surface area contributed by atoms with E-state index in [0.717, 1.165) is 12.1 Å². The maximum Gasteiger partial charge on any atom is 0.417 e. The fourth-order valence-corrected chi connectivity index (χ4v) is 1.08. The fraction of sp³-hybridized carbons (Fsp3) is 0.250. The van der Waals surface area contributed by atoms with Crippen molar-refractivity contribution in [2.24, 2.45) is 0 Å². The van der Waals surface area contributed by atoms with E-state index in [1.54, 1.807) is 0 Å². The Bertz CT molecular complexity index is 322. The van der Waals surface area contributed by atoms with Gasteiger partial charge >= 0.3 is 6.18 Å². The molecule has 2 nitrogen and oxygen atoms in total. The van der Waals surface area contributed by atoms with Crippen LogP contribution in [-0.4, -0.2) is 11.3 Å². The summed E-state index contributed by atoms with van der Waals surface area (Å²) in [6, 6.07) is 2.05. The quantitative estimate of drug-likeness (QED) is 0.609. The molecule has 1 rings (SSSR count). The van der Waals surface area contributed by atoms with Gasteiger partial charge in [-0.3, -0.25) is 4.98 Å². The van der Waals surface area contributed by atoms with Gasteiger partial charge in [-0.2, -0.15) is 13.2 Å². The predicted molar refractivity (Wildman–Crippen MR) is 47.0 cm³/mol. The summed E-state index contributed by atoms with van der Waals surface area (Å²) in [7, 11) is 0. The Balaban J connectivity index is 2.95. The van der Waals surface area contributed by atoms with Crippen molar-refractivity contribution < 1.29 is 18.0 Å². The molecule has 14 heavy (non-hydrogen) atoms. The van der Waals surface area contributed by atoms with Crippen LogP contribution in [0.15, 0.2) is 18.3 Å². The molecule has 0 spiro atoms. The topological polar surface area (TPSA) is 30.0 Å². The summed E-state index contributed by atoms with van der Waals surface area (Å²) >= 11 is 2.95. The van der Waals surface area contributed by atoms with Crippen LogP contribution < -0.4 is 0 Å². The number of carbonyl (C=O) groups is 1. The lowest BCUT2D eigenvalue weighted by atomic mass is 10.2. The van der Waals surface area contributed by atoms with E-state index in [1.807, 2.05) is 0 Å². The number of pyridine rings is 1. The number of hydrogen-bond acceptors (Lipinski definition) is 2. The van der Waals surface area contributed by atoms with E-state index < -0.39 is 16.6 Å². The molecule has 0 saturated heterocycles. The molecule has 0 radical (unpaired) electrons. The van der Waals surface area contributed by atoms with Crippen LogP contribution in [0.2, 0.25) is 0 Å². The normalized spacial score (nSPS) is 13.7. The summed E-state index contributed by atoms with van der Waals surface area (Å²) in [5, 5.41) is 0. The Morgan fingerprint density at radius 1 is 1.43 bits per heavy atom. The van der Waals surface area contributed by atoms with E-state index >= 15 is 0 Å². The molecule has 1 aromatic heterocycles. The number of carbonyl (C=O) groups excluding carboxylic acids is 1. The maximum atomic E-state index is 12.1. The van der Waals surface area contributed by atoms with Crippen molar-refractivity contribution in [3.05, 3.63) is 29.6 Å². The van der Waals surface area contributed by atoms with Crippen LogP contribution in [0.4, 0.5) is 13.2 Å². The molecule has 1 heterocycles. The summed E-state index contributed by atoms with van der Waals surface area (Å²) in [6.45, 7) is 0. The largest absolute Gasteiger partial charge is 0.417 e. The second-order valence-electron chi connectivity index (χ2n) is 2.51. The Hall–Kier alpha value is -0.910. The standard InChI is InChI=1S/C8H5BrF3NO/c9-6(4-14)7-2-1-5(3-13-7)8(10,11)12/h1-4,6H/t6-/m1/s1. The van der Waals surface area contributed by atoms with Crippen molar-refractivity contribution in [3.63, 3.8) is 0 Å². The van der Waals surface area contributed by atoms with E-state index in [2.05, 4.69) is 20.9 Å². The average Bonchev–Trinajstić information content (AvgIpc) is 2.15. The summed E-state index contributed by atoms with van der Waals surface area (Å²) in [6.07, 6.45) is -3.14. The summed E-state index contributed by atoms with van der Waals surface area (Å²) < 4.78 is 36.2. The van der Waals surface area contributed by atoms with Gasteiger partial charge in [-0.15, -0.1) is 0 Å². The molecule has 0 amide bonds. The molecular weight excluding hydrogens is 263 g/mol. The van der Waals surface area contributed by atoms with E-state index in [4.69, 9.17) is 0 Å². The maximum absolute atomic E-state index is 12.1. The Morgan fingerprint density at radius 2 is 2.07 bits per heavy atom. The minimum absolute atomic E-state index is 0.257. The molecule has 0 unspecified atom stereocenters. The molecule has 6 heteroatoms. The number of aromatic nitrogens is 1. The van der Waals surface area contributed by atoms with E-state index in [9.17, 15) is 18.0 Å². The molecule has 0 bridgehead atoms. The lowest BCUT2D eigenvalue weighted by molar-refractivity contribution is -0.137. The Kier molecular flexibility index (Phi) is 3.25. The molecule has 1 aromatic rings. The van der Waals surface area contributed by atoms with Gasteiger partial charge in [-0.05, 0) is 12.1 Å². The number of hydrogen-bond donors (Lipinski definition) is 0. The molecule has 1 atom stereocenters. The molecule has 0 N–H and O–H groups in total. The Labute approximate surface area is 86.3 Å². The first-order valence-electron chi connectivity index (χ1n) is 3.57. The highest BCUT2D eigenvalue weighted by atomic mass is 79.9. The van der Waals surface area contributed by atoms with Gasteiger partial charge < -0.3 is 4.79 Å². The number of alkyl halides is 4. The first kappa shape index (κ1) is 11.2. The molecule has 0 aliphatic rings. The van der Waals surface area contributed by atoms with Crippen molar-refractivity contribution in [3.8, 4) is 0 Å². The molecule has 0 aliphatic heterocycles. The van der Waals surface area contributed by atoms with Gasteiger partial charge in [0.1, 0.15) is 11.1 Å². The van der Waals surface area contributed by atoms with Crippen LogP contribution in [0.5, 0.6) is 0 Å². The molecule has 0 aromatic carbocycles. The first-order chi connectivity index (χ1) is 6.45. The van der Waals surface area contributed by atoms with E-state index in [0.29, 0.717) is 12.5 Å². The molecule has 0 fully saturated rings. The van der Waals surface area contributed by atoms with Crippen molar-refractivity contribution >= 4 is 22.2 Å². The van der Waals surface area contributed by atoms with Gasteiger partial charge in [-0.25, -0.2) is 0 Å². The van der Waals surface area contributed by atoms with Gasteiger partial charge in [0.05, 0.1) is 11.3 Å². The third-order valence-electron chi connectivity index (χ3n) is 1.52. The van der Waals surface area contributed by atoms with E-state index in [1.165, 1.54) is 0 Å². The number of aldehydes is 1. The van der Waals surface area contributed by atoms with Gasteiger partial charge in [0.25, 0.3) is 0 Å². The van der Waals surface area contributed by atoms with Crippen LogP contribution in [-0.2, 0) is 11.0 Å². The van der Waals surface area contributed by atoms with Gasteiger partial charge in [0, 0.05) is 6.20 Å². The fourth-order valence-electron chi connectivity index (χ4n) is 0.806. The van der Waals surface area contributed by atoms with Crippen LogP contribution >= 0.6 is 15.9 Å². The number of rotatable bonds is 2. The van der Waals surface area contributed by atoms with Crippen molar-refractivity contribution in [1.29, 1.82) is 0 Å². The highest BCUT2D eigenvalue weighted by molar-refractivity contribution is 9.09. The zero-order valence-corrected chi connectivity index (χ0v) is 8.34. The predicted octanol–water partition coefficient (Wildman–Crippen LogP) is 2.74. The zero-order valence-electron chi connectivity index (χ0n) is 6.75. The van der Waals surface area contributed by atoms with Gasteiger partial charge in [0.2, 0.25) is 0 Å². The SMILES string of the molecule is O=C[C@@H](Br)c1ccc(C(F)(F)F)cn1. The second-order valence-corrected chi connectivity index (χ2v) is 3.49. The highest BCUT2D eigenvalue weighted by Gasteiger charge is 2.30. The average molecular weight is 268 g/mol. The molecular formula is C8H5BrF3NO. The smallest absolute Gasteiger partial charge is 0.302 e. The highest BCUT2D eigenvalue weighted by Crippen LogP contribution is 2.29. The molecule has 0 aliphatic carbocycles. The third-order valence-corrected chi connectivity index (χ3v) is 2.20. The van der Waals surface area contributed by atoms with Gasteiger partial charge in [0.15, 0.2) is 0 Å². The summed E-state index contributed by atoms with van der Waals surface area (Å²) in [4.78, 5) is 13.1. The first-order valence-corrected chi connectivity index (χ1v) is 4.49. The number of halogens is 4. The lowest BCUT2D eigenvalue weighted by Crippen LogP contribution is -2.06. The van der Waals surface area contributed by atoms with Crippen molar-refractivity contribution in [1.82, 2.24) is 4.98 Å². The third kappa shape index (κ3) is 2.54. The lowest BCUT2D eigenvalue weighted by Gasteiger charge is -2.07. The minimum atomic E-state index is -4.39. The summed E-state index contributed by atoms with van der Waals surface area (Å²) in [5.41, 5.74) is -0.570. The van der Waals surface area contributed by atoms with Crippen LogP contribution in [0, 0.1) is 0 Å². The molecule has 76 valence electrons. The summed E-state index contributed by atoms with van der Waals surface area (Å²) in [5.74, 6) is 0. The minimum Gasteiger partial charge on any atom is -0.302 e. The van der Waals surface area contributed by atoms with Crippen LogP contribution in [0.25, 0.3) is 0 Å². The van der Waals surface area contributed by atoms with E-state index in [-0.39, 0.29) is 5.69 Å². The van der Waals surface area contributed by atoms with Crippen molar-refractivity contribution in [2.75, 3.05) is 0 Å². The number of nitrogens with zero attached hydrogens (tertiary/aromatic N) is 1. The van der Waals surface area contributed by atoms with Crippen LogP contribution in [0.1, 0.15) is 16.1 Å². The second kappa shape index (κ2) is 4.08. The van der Waals surface area contributed by atoms with Gasteiger partial charge in [-0.1, -0.05) is 15.9 Å². The Morgan fingerprint density at radius 3 is 2.43 bits per heavy atom. The zero-order chi connectivity index (χ0) is 10.8. The van der Waals surface area contributed by atoms with Crippen molar-refractivity contribution in [2.45, 2.75) is 11.0 Å². The molecule has 0 saturated carbocycles. The monoisotopic (exact) mass is 267 g/mol. The van der Waals surface area contributed by atoms with Crippen LogP contribution in [0.3, 0.4) is 0 Å².